The number of aryl methyl sites for hydroxylation is 1. The van der Waals surface area contributed by atoms with E-state index in [0.717, 1.165) is 12.8 Å². The number of carbonyl (C=O) groups is 2. The van der Waals surface area contributed by atoms with E-state index in [-0.39, 0.29) is 30.3 Å². The lowest BCUT2D eigenvalue weighted by Gasteiger charge is -2.35. The van der Waals surface area contributed by atoms with E-state index in [4.69, 9.17) is 11.6 Å². The van der Waals surface area contributed by atoms with E-state index in [1.54, 1.807) is 10.9 Å². The van der Waals surface area contributed by atoms with E-state index in [0.29, 0.717) is 30.4 Å². The van der Waals surface area contributed by atoms with Crippen molar-refractivity contribution in [1.82, 2.24) is 19.6 Å². The first kappa shape index (κ1) is 18.0. The highest BCUT2D eigenvalue weighted by Gasteiger charge is 2.41. The smallest absolute Gasteiger partial charge is 0.244 e. The number of piperidine rings is 1. The largest absolute Gasteiger partial charge is 0.338 e. The van der Waals surface area contributed by atoms with Crippen LogP contribution < -0.4 is 0 Å². The zero-order valence-electron chi connectivity index (χ0n) is 15.0. The third-order valence-corrected chi connectivity index (χ3v) is 5.40. The molecule has 2 bridgehead atoms. The van der Waals surface area contributed by atoms with Gasteiger partial charge >= 0.3 is 0 Å². The van der Waals surface area contributed by atoms with Crippen molar-refractivity contribution in [3.63, 3.8) is 0 Å². The number of rotatable bonds is 4. The molecule has 3 fully saturated rings. The Morgan fingerprint density at radius 2 is 2.12 bits per heavy atom. The Morgan fingerprint density at radius 1 is 1.36 bits per heavy atom. The fraction of sp³-hybridized carbons (Fsp3) is 0.611. The second-order valence-corrected chi connectivity index (χ2v) is 7.67. The molecule has 25 heavy (non-hydrogen) atoms. The van der Waals surface area contributed by atoms with Crippen LogP contribution in [0.1, 0.15) is 32.4 Å². The molecule has 0 radical (unpaired) electrons. The van der Waals surface area contributed by atoms with E-state index in [1.807, 2.05) is 30.6 Å². The maximum Gasteiger partial charge on any atom is 0.244 e. The summed E-state index contributed by atoms with van der Waals surface area (Å²) < 4.78 is 1.58. The Labute approximate surface area is 153 Å². The van der Waals surface area contributed by atoms with Gasteiger partial charge in [-0.05, 0) is 33.6 Å². The number of carbonyl (C=O) groups excluding carboxylic acids is 2. The van der Waals surface area contributed by atoms with Crippen molar-refractivity contribution in [3.05, 3.63) is 28.6 Å². The van der Waals surface area contributed by atoms with Crippen LogP contribution in [-0.4, -0.2) is 57.1 Å². The van der Waals surface area contributed by atoms with Crippen molar-refractivity contribution in [2.24, 2.45) is 5.92 Å². The molecule has 3 aliphatic rings. The van der Waals surface area contributed by atoms with Crippen molar-refractivity contribution < 1.29 is 9.59 Å². The summed E-state index contributed by atoms with van der Waals surface area (Å²) in [5.74, 6) is 0.0890. The Bertz CT molecular complexity index is 688. The summed E-state index contributed by atoms with van der Waals surface area (Å²) in [5.41, 5.74) is 1.92. The maximum atomic E-state index is 12.7. The van der Waals surface area contributed by atoms with Gasteiger partial charge in [0.05, 0.1) is 16.6 Å². The molecule has 0 saturated carbocycles. The number of aromatic nitrogens is 2. The zero-order chi connectivity index (χ0) is 18.1. The Morgan fingerprint density at radius 3 is 2.76 bits per heavy atom. The lowest BCUT2D eigenvalue weighted by Crippen LogP contribution is -2.48. The van der Waals surface area contributed by atoms with Gasteiger partial charge in [-0.1, -0.05) is 23.3 Å². The SMILES string of the molecule is CC(C)=CCN1C(=O)[C@@H]2CC[C@H]1CN(C(=O)Cn1cc(Cl)c(C)n1)C2. The first-order chi connectivity index (χ1) is 11.8. The summed E-state index contributed by atoms with van der Waals surface area (Å²) in [6, 6.07) is 0.105. The number of halogens is 1. The Kier molecular flexibility index (Phi) is 5.18. The van der Waals surface area contributed by atoms with Gasteiger partial charge in [0, 0.05) is 31.9 Å². The van der Waals surface area contributed by atoms with Gasteiger partial charge in [0.1, 0.15) is 6.54 Å². The number of amides is 2. The van der Waals surface area contributed by atoms with Gasteiger partial charge < -0.3 is 9.80 Å². The van der Waals surface area contributed by atoms with Gasteiger partial charge in [0.2, 0.25) is 11.8 Å². The van der Waals surface area contributed by atoms with Crippen LogP contribution in [0.25, 0.3) is 0 Å². The van der Waals surface area contributed by atoms with Crippen molar-refractivity contribution in [3.8, 4) is 0 Å². The lowest BCUT2D eigenvalue weighted by molar-refractivity contribution is -0.139. The van der Waals surface area contributed by atoms with Crippen LogP contribution in [-0.2, 0) is 16.1 Å². The quantitative estimate of drug-likeness (QED) is 0.770. The minimum atomic E-state index is -0.0868. The van der Waals surface area contributed by atoms with Crippen molar-refractivity contribution in [2.75, 3.05) is 19.6 Å². The summed E-state index contributed by atoms with van der Waals surface area (Å²) in [6.07, 6.45) is 5.58. The van der Waals surface area contributed by atoms with Gasteiger partial charge in [0.15, 0.2) is 0 Å². The van der Waals surface area contributed by atoms with E-state index in [9.17, 15) is 9.59 Å². The highest BCUT2D eigenvalue weighted by Crippen LogP contribution is 2.29. The van der Waals surface area contributed by atoms with E-state index >= 15 is 0 Å². The Balaban J connectivity index is 1.71. The van der Waals surface area contributed by atoms with Crippen LogP contribution in [0.5, 0.6) is 0 Å². The average Bonchev–Trinajstić information content (AvgIpc) is 2.73. The van der Waals surface area contributed by atoms with E-state index in [1.165, 1.54) is 5.57 Å². The highest BCUT2D eigenvalue weighted by atomic mass is 35.5. The molecule has 6 nitrogen and oxygen atoms in total. The number of hydrogen-bond acceptors (Lipinski definition) is 3. The van der Waals surface area contributed by atoms with Crippen LogP contribution in [0.3, 0.4) is 0 Å². The third-order valence-electron chi connectivity index (χ3n) is 5.03. The molecule has 0 unspecified atom stereocenters. The molecule has 0 spiro atoms. The predicted octanol–water partition coefficient (Wildman–Crippen LogP) is 2.26. The van der Waals surface area contributed by atoms with Crippen LogP contribution in [0, 0.1) is 12.8 Å². The molecule has 0 aliphatic carbocycles. The minimum Gasteiger partial charge on any atom is -0.338 e. The molecule has 4 rings (SSSR count). The molecule has 3 aliphatic heterocycles. The number of fused-ring (bicyclic) bond motifs is 4. The first-order valence-corrected chi connectivity index (χ1v) is 9.14. The van der Waals surface area contributed by atoms with Gasteiger partial charge in [-0.2, -0.15) is 5.10 Å². The highest BCUT2D eigenvalue weighted by molar-refractivity contribution is 6.31. The summed E-state index contributed by atoms with van der Waals surface area (Å²) >= 11 is 6.01. The standard InChI is InChI=1S/C18H25ClN4O2/c1-12(2)6-7-23-15-5-4-14(18(23)25)8-21(9-15)17(24)11-22-10-16(19)13(3)20-22/h6,10,14-15H,4-5,7-9,11H2,1-3H3/t14-,15+/m1/s1. The van der Waals surface area contributed by atoms with E-state index in [2.05, 4.69) is 11.2 Å². The molecular formula is C18H25ClN4O2. The fourth-order valence-corrected chi connectivity index (χ4v) is 3.73. The van der Waals surface area contributed by atoms with Crippen molar-refractivity contribution in [1.29, 1.82) is 0 Å². The van der Waals surface area contributed by atoms with Gasteiger partial charge in [-0.25, -0.2) is 0 Å². The Hall–Kier alpha value is -1.82. The fourth-order valence-electron chi connectivity index (χ4n) is 3.58. The molecule has 1 aromatic rings. The van der Waals surface area contributed by atoms with Crippen LogP contribution in [0.4, 0.5) is 0 Å². The maximum absolute atomic E-state index is 12.7. The number of nitrogens with zero attached hydrogens (tertiary/aromatic N) is 4. The molecule has 2 amide bonds. The summed E-state index contributed by atoms with van der Waals surface area (Å²) in [6.45, 7) is 7.79. The lowest BCUT2D eigenvalue weighted by atomic mass is 9.94. The molecule has 1 aromatic heterocycles. The molecule has 0 N–H and O–H groups in total. The average molecular weight is 365 g/mol. The second kappa shape index (κ2) is 7.20. The number of hydrogen-bond donors (Lipinski definition) is 0. The van der Waals surface area contributed by atoms with Gasteiger partial charge in [-0.15, -0.1) is 0 Å². The van der Waals surface area contributed by atoms with Crippen LogP contribution in [0.2, 0.25) is 5.02 Å². The predicted molar refractivity (Wildman–Crippen MR) is 96.2 cm³/mol. The van der Waals surface area contributed by atoms with E-state index < -0.39 is 0 Å². The van der Waals surface area contributed by atoms with Gasteiger partial charge in [0.25, 0.3) is 0 Å². The van der Waals surface area contributed by atoms with Crippen LogP contribution in [0.15, 0.2) is 17.8 Å². The second-order valence-electron chi connectivity index (χ2n) is 7.26. The monoisotopic (exact) mass is 364 g/mol. The normalized spacial score (nSPS) is 23.0. The number of allylic oxidation sites excluding steroid dienone is 1. The first-order valence-electron chi connectivity index (χ1n) is 8.76. The summed E-state index contributed by atoms with van der Waals surface area (Å²) in [4.78, 5) is 29.2. The summed E-state index contributed by atoms with van der Waals surface area (Å²) in [7, 11) is 0. The summed E-state index contributed by atoms with van der Waals surface area (Å²) in [5, 5.41) is 4.81. The minimum absolute atomic E-state index is 0.00655. The molecule has 3 saturated heterocycles. The molecular weight excluding hydrogens is 340 g/mol. The third kappa shape index (κ3) is 3.89. The molecule has 2 atom stereocenters. The van der Waals surface area contributed by atoms with Crippen molar-refractivity contribution in [2.45, 2.75) is 46.2 Å². The van der Waals surface area contributed by atoms with Crippen LogP contribution >= 0.6 is 11.6 Å². The van der Waals surface area contributed by atoms with Gasteiger partial charge in [-0.3, -0.25) is 14.3 Å². The topological polar surface area (TPSA) is 58.4 Å². The molecule has 136 valence electrons. The van der Waals surface area contributed by atoms with Crippen molar-refractivity contribution >= 4 is 23.4 Å². The molecule has 4 heterocycles. The molecule has 0 aromatic carbocycles. The zero-order valence-corrected chi connectivity index (χ0v) is 15.8. The molecule has 7 heteroatoms.